The molecular weight excluding hydrogens is 180 g/mol. The Morgan fingerprint density at radius 2 is 2.33 bits per heavy atom. The van der Waals surface area contributed by atoms with Crippen LogP contribution < -0.4 is 0 Å². The van der Waals surface area contributed by atoms with Crippen LogP contribution in [0.4, 0.5) is 0 Å². The SMILES string of the molecule is COCC1SN=NC1C(=O)OC. The van der Waals surface area contributed by atoms with Crippen LogP contribution in [-0.2, 0) is 14.3 Å². The first kappa shape index (κ1) is 9.47. The summed E-state index contributed by atoms with van der Waals surface area (Å²) < 4.78 is 13.1. The topological polar surface area (TPSA) is 60.2 Å². The molecule has 0 saturated heterocycles. The Bertz CT molecular complexity index is 197. The molecule has 0 amide bonds. The van der Waals surface area contributed by atoms with Crippen LogP contribution >= 0.6 is 11.9 Å². The first-order chi connectivity index (χ1) is 5.79. The highest BCUT2D eigenvalue weighted by Gasteiger charge is 2.34. The summed E-state index contributed by atoms with van der Waals surface area (Å²) in [5.74, 6) is -0.356. The van der Waals surface area contributed by atoms with Gasteiger partial charge < -0.3 is 9.47 Å². The van der Waals surface area contributed by atoms with E-state index in [1.807, 2.05) is 0 Å². The maximum atomic E-state index is 11.1. The van der Waals surface area contributed by atoms with Crippen LogP contribution in [0.25, 0.3) is 0 Å². The normalized spacial score (nSPS) is 27.5. The molecule has 0 aliphatic carbocycles. The number of rotatable bonds is 3. The van der Waals surface area contributed by atoms with Gasteiger partial charge >= 0.3 is 5.97 Å². The Morgan fingerprint density at radius 1 is 1.58 bits per heavy atom. The highest BCUT2D eigenvalue weighted by Crippen LogP contribution is 2.27. The summed E-state index contributed by atoms with van der Waals surface area (Å²) in [5.41, 5.74) is 0. The summed E-state index contributed by atoms with van der Waals surface area (Å²) in [4.78, 5) is 11.1. The lowest BCUT2D eigenvalue weighted by molar-refractivity contribution is -0.142. The van der Waals surface area contributed by atoms with E-state index in [-0.39, 0.29) is 11.2 Å². The second-order valence-electron chi connectivity index (χ2n) is 2.26. The van der Waals surface area contributed by atoms with E-state index in [1.165, 1.54) is 19.1 Å². The maximum absolute atomic E-state index is 11.1. The highest BCUT2D eigenvalue weighted by molar-refractivity contribution is 7.98. The van der Waals surface area contributed by atoms with Crippen LogP contribution in [0.1, 0.15) is 0 Å². The number of hydrogen-bond donors (Lipinski definition) is 0. The number of methoxy groups -OCH3 is 2. The second-order valence-corrected chi connectivity index (χ2v) is 3.24. The van der Waals surface area contributed by atoms with Gasteiger partial charge in [-0.15, -0.1) is 4.52 Å². The summed E-state index contributed by atoms with van der Waals surface area (Å²) in [6, 6.07) is -0.500. The number of ether oxygens (including phenoxy) is 2. The summed E-state index contributed by atoms with van der Waals surface area (Å²) in [6.07, 6.45) is 0. The van der Waals surface area contributed by atoms with Crippen LogP contribution in [-0.4, -0.2) is 38.1 Å². The van der Waals surface area contributed by atoms with Crippen molar-refractivity contribution in [2.24, 2.45) is 9.63 Å². The average molecular weight is 190 g/mol. The minimum atomic E-state index is -0.500. The van der Waals surface area contributed by atoms with Crippen LogP contribution in [0.15, 0.2) is 9.63 Å². The average Bonchev–Trinajstić information content (AvgIpc) is 2.52. The zero-order chi connectivity index (χ0) is 8.97. The fraction of sp³-hybridized carbons (Fsp3) is 0.833. The van der Waals surface area contributed by atoms with Gasteiger partial charge in [-0.2, -0.15) is 5.11 Å². The molecule has 1 heterocycles. The molecule has 12 heavy (non-hydrogen) atoms. The Morgan fingerprint density at radius 3 is 2.92 bits per heavy atom. The smallest absolute Gasteiger partial charge is 0.333 e. The van der Waals surface area contributed by atoms with E-state index in [9.17, 15) is 4.79 Å². The first-order valence-electron chi connectivity index (χ1n) is 3.42. The molecule has 0 spiro atoms. The number of carbonyl (C=O) groups is 1. The molecule has 6 heteroatoms. The largest absolute Gasteiger partial charge is 0.467 e. The van der Waals surface area contributed by atoms with Gasteiger partial charge in [-0.3, -0.25) is 0 Å². The van der Waals surface area contributed by atoms with Gasteiger partial charge in [-0.1, -0.05) is 0 Å². The van der Waals surface area contributed by atoms with Crippen molar-refractivity contribution in [1.29, 1.82) is 0 Å². The van der Waals surface area contributed by atoms with Crippen LogP contribution in [0.3, 0.4) is 0 Å². The molecular formula is C6H10N2O3S. The van der Waals surface area contributed by atoms with Crippen LogP contribution in [0.5, 0.6) is 0 Å². The molecule has 0 fully saturated rings. The third-order valence-corrected chi connectivity index (χ3v) is 2.33. The summed E-state index contributed by atoms with van der Waals surface area (Å²) >= 11 is 1.25. The third-order valence-electron chi connectivity index (χ3n) is 1.48. The quantitative estimate of drug-likeness (QED) is 0.484. The van der Waals surface area contributed by atoms with Crippen LogP contribution in [0, 0.1) is 0 Å². The third kappa shape index (κ3) is 1.95. The molecule has 68 valence electrons. The van der Waals surface area contributed by atoms with Crippen LogP contribution in [0.2, 0.25) is 0 Å². The Balaban J connectivity index is 2.50. The molecule has 0 aromatic rings. The standard InChI is InChI=1S/C6H10N2O3S/c1-10-3-4-5(6(9)11-2)7-8-12-4/h4-5H,3H2,1-2H3. The lowest BCUT2D eigenvalue weighted by atomic mass is 10.2. The number of nitrogens with zero attached hydrogens (tertiary/aromatic N) is 2. The zero-order valence-corrected chi connectivity index (χ0v) is 7.71. The molecule has 0 bridgehead atoms. The molecule has 2 atom stereocenters. The Hall–Kier alpha value is -0.620. The molecule has 0 aromatic heterocycles. The number of hydrogen-bond acceptors (Lipinski definition) is 6. The minimum Gasteiger partial charge on any atom is -0.467 e. The van der Waals surface area contributed by atoms with E-state index in [1.54, 1.807) is 7.11 Å². The van der Waals surface area contributed by atoms with Gasteiger partial charge in [0.2, 0.25) is 0 Å². The second kappa shape index (κ2) is 4.42. The Kier molecular flexibility index (Phi) is 3.48. The predicted octanol–water partition coefficient (Wildman–Crippen LogP) is 0.657. The van der Waals surface area contributed by atoms with E-state index in [2.05, 4.69) is 14.4 Å². The van der Waals surface area contributed by atoms with Gasteiger partial charge in [-0.25, -0.2) is 4.79 Å². The van der Waals surface area contributed by atoms with E-state index in [4.69, 9.17) is 4.74 Å². The van der Waals surface area contributed by atoms with E-state index in [0.29, 0.717) is 6.61 Å². The van der Waals surface area contributed by atoms with Gasteiger partial charge in [0, 0.05) is 19.1 Å². The maximum Gasteiger partial charge on any atom is 0.333 e. The van der Waals surface area contributed by atoms with Crippen molar-refractivity contribution in [3.05, 3.63) is 0 Å². The van der Waals surface area contributed by atoms with Gasteiger partial charge in [0.05, 0.1) is 19.0 Å². The number of esters is 1. The number of carbonyl (C=O) groups excluding carboxylic acids is 1. The molecule has 0 radical (unpaired) electrons. The summed E-state index contributed by atoms with van der Waals surface area (Å²) in [5, 5.41) is 3.70. The van der Waals surface area contributed by atoms with Crippen molar-refractivity contribution in [2.45, 2.75) is 11.3 Å². The molecule has 5 nitrogen and oxygen atoms in total. The van der Waals surface area contributed by atoms with Crippen molar-refractivity contribution in [2.75, 3.05) is 20.8 Å². The Labute approximate surface area is 74.7 Å². The lowest BCUT2D eigenvalue weighted by Gasteiger charge is -2.11. The van der Waals surface area contributed by atoms with E-state index < -0.39 is 6.04 Å². The monoisotopic (exact) mass is 190 g/mol. The molecule has 0 saturated carbocycles. The fourth-order valence-corrected chi connectivity index (χ4v) is 1.63. The van der Waals surface area contributed by atoms with E-state index in [0.717, 1.165) is 0 Å². The van der Waals surface area contributed by atoms with Crippen molar-refractivity contribution < 1.29 is 14.3 Å². The lowest BCUT2D eigenvalue weighted by Crippen LogP contribution is -2.31. The molecule has 0 aromatic carbocycles. The van der Waals surface area contributed by atoms with Crippen molar-refractivity contribution in [1.82, 2.24) is 0 Å². The van der Waals surface area contributed by atoms with Crippen molar-refractivity contribution in [3.8, 4) is 0 Å². The first-order valence-corrected chi connectivity index (χ1v) is 4.26. The summed E-state index contributed by atoms with van der Waals surface area (Å²) in [7, 11) is 2.91. The van der Waals surface area contributed by atoms with Gasteiger partial charge in [0.15, 0.2) is 6.04 Å². The van der Waals surface area contributed by atoms with Gasteiger partial charge in [-0.05, 0) is 0 Å². The van der Waals surface area contributed by atoms with E-state index >= 15 is 0 Å². The van der Waals surface area contributed by atoms with Crippen molar-refractivity contribution >= 4 is 17.9 Å². The molecule has 1 rings (SSSR count). The van der Waals surface area contributed by atoms with Gasteiger partial charge in [0.25, 0.3) is 0 Å². The van der Waals surface area contributed by atoms with Crippen molar-refractivity contribution in [3.63, 3.8) is 0 Å². The highest BCUT2D eigenvalue weighted by atomic mass is 32.2. The fourth-order valence-electron chi connectivity index (χ4n) is 0.876. The van der Waals surface area contributed by atoms with Gasteiger partial charge in [0.1, 0.15) is 0 Å². The molecule has 0 N–H and O–H groups in total. The predicted molar refractivity (Wildman–Crippen MR) is 43.9 cm³/mol. The zero-order valence-electron chi connectivity index (χ0n) is 6.89. The molecule has 1 aliphatic rings. The minimum absolute atomic E-state index is 0.0394. The summed E-state index contributed by atoms with van der Waals surface area (Å²) in [6.45, 7) is 0.456. The molecule has 1 aliphatic heterocycles. The molecule has 2 unspecified atom stereocenters.